The van der Waals surface area contributed by atoms with Gasteiger partial charge < -0.3 is 29.4 Å². The zero-order valence-electron chi connectivity index (χ0n) is 15.6. The van der Waals surface area contributed by atoms with Crippen LogP contribution in [-0.4, -0.2) is 41.0 Å². The molecule has 0 radical (unpaired) electrons. The van der Waals surface area contributed by atoms with Gasteiger partial charge in [0.1, 0.15) is 12.4 Å². The molecule has 27 heavy (non-hydrogen) atoms. The number of cyclic esters (lactones) is 1. The molecule has 142 valence electrons. The van der Waals surface area contributed by atoms with Gasteiger partial charge >= 0.3 is 5.97 Å². The van der Waals surface area contributed by atoms with Crippen LogP contribution >= 0.6 is 0 Å². The number of benzene rings is 2. The van der Waals surface area contributed by atoms with Crippen LogP contribution in [0, 0.1) is 0 Å². The van der Waals surface area contributed by atoms with Crippen molar-refractivity contribution in [3.8, 4) is 23.0 Å². The Hall–Kier alpha value is -3.35. The predicted octanol–water partition coefficient (Wildman–Crippen LogP) is 2.77. The first-order valence-electron chi connectivity index (χ1n) is 8.18. The minimum Gasteiger partial charge on any atom is -0.495 e. The first-order chi connectivity index (χ1) is 13.0. The molecule has 0 atom stereocenters. The van der Waals surface area contributed by atoms with Crippen molar-refractivity contribution in [2.45, 2.75) is 0 Å². The zero-order valence-corrected chi connectivity index (χ0v) is 15.6. The van der Waals surface area contributed by atoms with E-state index in [-0.39, 0.29) is 6.61 Å². The third kappa shape index (κ3) is 3.23. The first kappa shape index (κ1) is 18.4. The number of carbonyl (C=O) groups excluding carboxylic acids is 1. The highest BCUT2D eigenvalue weighted by Gasteiger charge is 2.29. The van der Waals surface area contributed by atoms with E-state index >= 15 is 0 Å². The van der Waals surface area contributed by atoms with Crippen LogP contribution in [0.3, 0.4) is 0 Å². The molecule has 0 spiro atoms. The Kier molecular flexibility index (Phi) is 5.12. The van der Waals surface area contributed by atoms with E-state index in [0.29, 0.717) is 39.8 Å². The van der Waals surface area contributed by atoms with Crippen molar-refractivity contribution in [1.82, 2.24) is 0 Å². The van der Waals surface area contributed by atoms with Crippen LogP contribution in [-0.2, 0) is 9.53 Å². The standard InChI is InChI=1S/C20H21NO6/c1-23-15-6-5-11(7-14(15)21)13-10-27-20(22)18(13)12-8-16(24-2)19(26-4)17(9-12)25-3/h5-9H,10,21H2,1-4H3. The van der Waals surface area contributed by atoms with E-state index in [1.54, 1.807) is 31.4 Å². The molecule has 2 aromatic carbocycles. The third-order valence-corrected chi connectivity index (χ3v) is 4.39. The summed E-state index contributed by atoms with van der Waals surface area (Å²) in [6.07, 6.45) is 0. The Labute approximate surface area is 157 Å². The van der Waals surface area contributed by atoms with Gasteiger partial charge in [-0.05, 0) is 35.4 Å². The van der Waals surface area contributed by atoms with Crippen molar-refractivity contribution >= 4 is 22.8 Å². The number of nitrogens with two attached hydrogens (primary N) is 1. The Morgan fingerprint density at radius 2 is 1.48 bits per heavy atom. The van der Waals surface area contributed by atoms with E-state index in [1.807, 2.05) is 6.07 Å². The SMILES string of the molecule is COc1ccc(C2=C(c3cc(OC)c(OC)c(OC)c3)C(=O)OC2)cc1N. The fourth-order valence-electron chi connectivity index (χ4n) is 3.07. The van der Waals surface area contributed by atoms with Crippen molar-refractivity contribution in [3.05, 3.63) is 41.5 Å². The highest BCUT2D eigenvalue weighted by molar-refractivity contribution is 6.27. The minimum atomic E-state index is -0.423. The van der Waals surface area contributed by atoms with Gasteiger partial charge in [0.05, 0.1) is 39.7 Å². The Balaban J connectivity index is 2.19. The maximum absolute atomic E-state index is 12.5. The fraction of sp³-hybridized carbons (Fsp3) is 0.250. The van der Waals surface area contributed by atoms with Crippen LogP contribution in [0.25, 0.3) is 11.1 Å². The first-order valence-corrected chi connectivity index (χ1v) is 8.18. The molecule has 2 aromatic rings. The quantitative estimate of drug-likeness (QED) is 0.617. The van der Waals surface area contributed by atoms with Gasteiger partial charge in [0.15, 0.2) is 11.5 Å². The smallest absolute Gasteiger partial charge is 0.339 e. The van der Waals surface area contributed by atoms with Gasteiger partial charge in [-0.2, -0.15) is 0 Å². The molecule has 0 fully saturated rings. The van der Waals surface area contributed by atoms with Crippen molar-refractivity contribution in [2.75, 3.05) is 40.8 Å². The maximum atomic E-state index is 12.5. The van der Waals surface area contributed by atoms with Crippen LogP contribution < -0.4 is 24.7 Å². The molecule has 0 amide bonds. The average molecular weight is 371 g/mol. The third-order valence-electron chi connectivity index (χ3n) is 4.39. The molecule has 7 heteroatoms. The molecule has 1 aliphatic rings. The van der Waals surface area contributed by atoms with Gasteiger partial charge in [-0.15, -0.1) is 0 Å². The lowest BCUT2D eigenvalue weighted by Gasteiger charge is -2.14. The summed E-state index contributed by atoms with van der Waals surface area (Å²) in [6, 6.07) is 8.79. The van der Waals surface area contributed by atoms with E-state index in [4.69, 9.17) is 29.4 Å². The van der Waals surface area contributed by atoms with Crippen LogP contribution in [0.1, 0.15) is 11.1 Å². The maximum Gasteiger partial charge on any atom is 0.339 e. The Morgan fingerprint density at radius 3 is 2.00 bits per heavy atom. The summed E-state index contributed by atoms with van der Waals surface area (Å²) in [4.78, 5) is 12.5. The van der Waals surface area contributed by atoms with E-state index in [2.05, 4.69) is 0 Å². The van der Waals surface area contributed by atoms with E-state index in [1.165, 1.54) is 21.3 Å². The lowest BCUT2D eigenvalue weighted by molar-refractivity contribution is -0.133. The van der Waals surface area contributed by atoms with Gasteiger partial charge in [-0.3, -0.25) is 0 Å². The molecule has 1 aliphatic heterocycles. The van der Waals surface area contributed by atoms with Crippen LogP contribution in [0.2, 0.25) is 0 Å². The molecule has 7 nitrogen and oxygen atoms in total. The number of carbonyl (C=O) groups is 1. The summed E-state index contributed by atoms with van der Waals surface area (Å²) in [6.45, 7) is 0.149. The lowest BCUT2D eigenvalue weighted by atomic mass is 9.95. The molecule has 3 rings (SSSR count). The molecule has 0 aromatic heterocycles. The summed E-state index contributed by atoms with van der Waals surface area (Å²) < 4.78 is 26.6. The summed E-state index contributed by atoms with van der Waals surface area (Å²) in [5, 5.41) is 0. The summed E-state index contributed by atoms with van der Waals surface area (Å²) in [5.41, 5.74) is 9.04. The molecule has 0 bridgehead atoms. The number of esters is 1. The Bertz CT molecular complexity index is 894. The number of rotatable bonds is 6. The Morgan fingerprint density at radius 1 is 0.852 bits per heavy atom. The number of hydrogen-bond donors (Lipinski definition) is 1. The zero-order chi connectivity index (χ0) is 19.6. The van der Waals surface area contributed by atoms with E-state index in [0.717, 1.165) is 11.1 Å². The summed E-state index contributed by atoms with van der Waals surface area (Å²) in [5.74, 6) is 1.50. The van der Waals surface area contributed by atoms with E-state index < -0.39 is 5.97 Å². The lowest BCUT2D eigenvalue weighted by Crippen LogP contribution is -2.01. The largest absolute Gasteiger partial charge is 0.495 e. The second-order valence-electron chi connectivity index (χ2n) is 5.80. The normalized spacial score (nSPS) is 13.4. The topological polar surface area (TPSA) is 89.2 Å². The second kappa shape index (κ2) is 7.49. The second-order valence-corrected chi connectivity index (χ2v) is 5.80. The molecular weight excluding hydrogens is 350 g/mol. The van der Waals surface area contributed by atoms with Crippen molar-refractivity contribution < 1.29 is 28.5 Å². The van der Waals surface area contributed by atoms with Gasteiger partial charge in [0, 0.05) is 5.57 Å². The summed E-state index contributed by atoms with van der Waals surface area (Å²) >= 11 is 0. The van der Waals surface area contributed by atoms with Gasteiger partial charge in [0.2, 0.25) is 5.75 Å². The average Bonchev–Trinajstić information content (AvgIpc) is 3.08. The number of hydrogen-bond acceptors (Lipinski definition) is 7. The highest BCUT2D eigenvalue weighted by atomic mass is 16.5. The number of anilines is 1. The molecule has 0 unspecified atom stereocenters. The molecular formula is C20H21NO6. The number of ether oxygens (including phenoxy) is 5. The van der Waals surface area contributed by atoms with Gasteiger partial charge in [0.25, 0.3) is 0 Å². The summed E-state index contributed by atoms with van der Waals surface area (Å²) in [7, 11) is 6.11. The predicted molar refractivity (Wildman–Crippen MR) is 101 cm³/mol. The van der Waals surface area contributed by atoms with Crippen molar-refractivity contribution in [2.24, 2.45) is 0 Å². The fourth-order valence-corrected chi connectivity index (χ4v) is 3.07. The van der Waals surface area contributed by atoms with Crippen molar-refractivity contribution in [1.29, 1.82) is 0 Å². The van der Waals surface area contributed by atoms with E-state index in [9.17, 15) is 4.79 Å². The van der Waals surface area contributed by atoms with Gasteiger partial charge in [-0.25, -0.2) is 4.79 Å². The van der Waals surface area contributed by atoms with Gasteiger partial charge in [-0.1, -0.05) is 6.07 Å². The molecule has 0 saturated carbocycles. The molecule has 0 aliphatic carbocycles. The molecule has 2 N–H and O–H groups in total. The molecule has 0 saturated heterocycles. The van der Waals surface area contributed by atoms with Crippen LogP contribution in [0.5, 0.6) is 23.0 Å². The number of nitrogen functional groups attached to an aromatic ring is 1. The molecule has 1 heterocycles. The minimum absolute atomic E-state index is 0.149. The monoisotopic (exact) mass is 371 g/mol. The van der Waals surface area contributed by atoms with Crippen LogP contribution in [0.4, 0.5) is 5.69 Å². The van der Waals surface area contributed by atoms with Crippen LogP contribution in [0.15, 0.2) is 30.3 Å². The number of methoxy groups -OCH3 is 4. The van der Waals surface area contributed by atoms with Crippen molar-refractivity contribution in [3.63, 3.8) is 0 Å². The highest BCUT2D eigenvalue weighted by Crippen LogP contribution is 2.43.